The van der Waals surface area contributed by atoms with Crippen LogP contribution < -0.4 is 0 Å². The summed E-state index contributed by atoms with van der Waals surface area (Å²) in [4.78, 5) is 11.7. The van der Waals surface area contributed by atoms with Gasteiger partial charge in [-0.15, -0.1) is 0 Å². The van der Waals surface area contributed by atoms with Crippen LogP contribution in [0.5, 0.6) is 0 Å². The van der Waals surface area contributed by atoms with Gasteiger partial charge in [-0.05, 0) is 0 Å². The summed E-state index contributed by atoms with van der Waals surface area (Å²) >= 11 is 0. The van der Waals surface area contributed by atoms with Gasteiger partial charge in [0, 0.05) is 0 Å². The van der Waals surface area contributed by atoms with Gasteiger partial charge in [-0.1, -0.05) is 0 Å². The van der Waals surface area contributed by atoms with Gasteiger partial charge in [0.05, 0.1) is 0 Å². The van der Waals surface area contributed by atoms with Crippen LogP contribution in [0.3, 0.4) is 0 Å². The third-order valence-electron chi connectivity index (χ3n) is 1.46. The van der Waals surface area contributed by atoms with Crippen LogP contribution in [-0.4, -0.2) is 22.0 Å². The van der Waals surface area contributed by atoms with E-state index in [1.165, 1.54) is 0 Å². The Kier molecular flexibility index (Phi) is 7.51. The number of carboxylic acid groups (broad SMARTS) is 1. The van der Waals surface area contributed by atoms with E-state index in [0.29, 0.717) is 12.8 Å². The Bertz CT molecular complexity index is 367. The van der Waals surface area contributed by atoms with Crippen LogP contribution in [0, 0.1) is 11.5 Å². The molecule has 1 N–H and O–H groups in total. The van der Waals surface area contributed by atoms with Gasteiger partial charge < -0.3 is 0 Å². The van der Waals surface area contributed by atoms with Crippen LogP contribution in [0.25, 0.3) is 0 Å². The molecule has 0 aromatic rings. The first kappa shape index (κ1) is 13.4. The molecule has 0 aliphatic heterocycles. The molecule has 0 rings (SSSR count). The molecule has 0 heterocycles. The molecule has 0 amide bonds. The molecule has 0 aliphatic carbocycles. The molecular weight excluding hydrogens is 224 g/mol. The first-order valence-electron chi connectivity index (χ1n) is 3.85. The van der Waals surface area contributed by atoms with Crippen LogP contribution in [-0.2, 0) is 13.9 Å². The standard InChI is InChI=1S/C7H9NO4P2/c1-2-3-6(7(9)10)8(4-13-11)5-14-12/h6H,2-3H2,1H3,(H,9,10)/t6-/m0/s1. The summed E-state index contributed by atoms with van der Waals surface area (Å²) in [5.74, 6) is 3.32. The van der Waals surface area contributed by atoms with E-state index < -0.39 is 27.8 Å². The van der Waals surface area contributed by atoms with Gasteiger partial charge in [0.15, 0.2) is 0 Å². The molecule has 1 atom stereocenters. The van der Waals surface area contributed by atoms with Crippen molar-refractivity contribution >= 4 is 21.8 Å². The monoisotopic (exact) mass is 233 g/mol. The van der Waals surface area contributed by atoms with Crippen molar-refractivity contribution in [2.75, 3.05) is 0 Å². The van der Waals surface area contributed by atoms with E-state index in [2.05, 4.69) is 11.5 Å². The van der Waals surface area contributed by atoms with E-state index in [1.54, 1.807) is 0 Å². The van der Waals surface area contributed by atoms with Crippen molar-refractivity contribution in [3.05, 3.63) is 0 Å². The fourth-order valence-electron chi connectivity index (χ4n) is 0.886. The van der Waals surface area contributed by atoms with Gasteiger partial charge in [0.1, 0.15) is 0 Å². The molecule has 0 unspecified atom stereocenters. The second kappa shape index (κ2) is 7.82. The number of rotatable bonds is 4. The maximum absolute atomic E-state index is 10.7. The predicted molar refractivity (Wildman–Crippen MR) is 51.2 cm³/mol. The van der Waals surface area contributed by atoms with E-state index in [9.17, 15) is 13.9 Å². The molecule has 76 valence electrons. The van der Waals surface area contributed by atoms with Crippen molar-refractivity contribution in [3.8, 4) is 11.5 Å². The van der Waals surface area contributed by atoms with Gasteiger partial charge in [0.25, 0.3) is 0 Å². The summed E-state index contributed by atoms with van der Waals surface area (Å²) in [7, 11) is -0.927. The molecule has 0 fully saturated rings. The van der Waals surface area contributed by atoms with Gasteiger partial charge in [-0.25, -0.2) is 0 Å². The Morgan fingerprint density at radius 3 is 2.21 bits per heavy atom. The zero-order valence-electron chi connectivity index (χ0n) is 7.51. The summed E-state index contributed by atoms with van der Waals surface area (Å²) in [6, 6.07) is -0.914. The number of carbonyl (C=O) groups is 1. The topological polar surface area (TPSA) is 74.7 Å². The van der Waals surface area contributed by atoms with Crippen LogP contribution in [0.2, 0.25) is 0 Å². The number of aliphatic carboxylic acids is 1. The molecule has 0 saturated carbocycles. The maximum atomic E-state index is 10.7. The van der Waals surface area contributed by atoms with Gasteiger partial charge in [-0.3, -0.25) is 0 Å². The van der Waals surface area contributed by atoms with E-state index in [-0.39, 0.29) is 0 Å². The predicted octanol–water partition coefficient (Wildman–Crippen LogP) is 1.96. The third kappa shape index (κ3) is 4.62. The van der Waals surface area contributed by atoms with Gasteiger partial charge in [-0.2, -0.15) is 0 Å². The molecule has 0 radical (unpaired) electrons. The SMILES string of the molecule is CCC[C@@H](C(=O)O)N(C#P=O)C#P=O. The molecule has 0 bridgehead atoms. The summed E-state index contributed by atoms with van der Waals surface area (Å²) in [5.41, 5.74) is 0. The number of hydrogen-bond donors (Lipinski definition) is 1. The molecule has 0 aliphatic rings. The Hall–Kier alpha value is -0.550. The summed E-state index contributed by atoms with van der Waals surface area (Å²) in [6.45, 7) is 1.82. The molecule has 0 aromatic heterocycles. The average molecular weight is 233 g/mol. The molecule has 5 nitrogen and oxygen atoms in total. The minimum absolute atomic E-state index is 0.348. The fraction of sp³-hybridized carbons (Fsp3) is 0.571. The first-order chi connectivity index (χ1) is 6.67. The first-order valence-corrected chi connectivity index (χ1v) is 5.47. The van der Waals surface area contributed by atoms with Crippen molar-refractivity contribution in [2.24, 2.45) is 0 Å². The zero-order chi connectivity index (χ0) is 11.0. The fourth-order valence-corrected chi connectivity index (χ4v) is 1.52. The van der Waals surface area contributed by atoms with Crippen LogP contribution in [0.15, 0.2) is 0 Å². The average Bonchev–Trinajstić information content (AvgIpc) is 2.13. The molecule has 7 heteroatoms. The van der Waals surface area contributed by atoms with E-state index in [0.717, 1.165) is 4.90 Å². The van der Waals surface area contributed by atoms with Crippen molar-refractivity contribution in [1.29, 1.82) is 0 Å². The Morgan fingerprint density at radius 1 is 1.43 bits per heavy atom. The van der Waals surface area contributed by atoms with Gasteiger partial charge >= 0.3 is 83.0 Å². The molecule has 14 heavy (non-hydrogen) atoms. The van der Waals surface area contributed by atoms with Crippen molar-refractivity contribution in [1.82, 2.24) is 4.90 Å². The third-order valence-corrected chi connectivity index (χ3v) is 2.05. The Morgan fingerprint density at radius 2 is 1.93 bits per heavy atom. The molecule has 0 saturated heterocycles. The Balaban J connectivity index is 4.93. The normalized spacial score (nSPS) is 11.3. The van der Waals surface area contributed by atoms with E-state index in [4.69, 9.17) is 5.11 Å². The van der Waals surface area contributed by atoms with Crippen LogP contribution in [0.4, 0.5) is 0 Å². The molecular formula is C7H9NO4P2. The van der Waals surface area contributed by atoms with Crippen molar-refractivity contribution < 1.29 is 19.0 Å². The number of hydrogen-bond acceptors (Lipinski definition) is 4. The van der Waals surface area contributed by atoms with E-state index in [1.807, 2.05) is 6.92 Å². The van der Waals surface area contributed by atoms with Crippen LogP contribution in [0.1, 0.15) is 19.8 Å². The minimum atomic E-state index is -1.08. The van der Waals surface area contributed by atoms with Crippen molar-refractivity contribution in [3.63, 3.8) is 0 Å². The quantitative estimate of drug-likeness (QED) is 0.593. The zero-order valence-corrected chi connectivity index (χ0v) is 9.29. The number of nitrogens with zero attached hydrogens (tertiary/aromatic N) is 1. The summed E-state index contributed by atoms with van der Waals surface area (Å²) in [5, 5.41) is 8.80. The van der Waals surface area contributed by atoms with Gasteiger partial charge in [0.2, 0.25) is 0 Å². The molecule has 0 spiro atoms. The number of carboxylic acids is 1. The molecule has 0 aromatic carbocycles. The second-order valence-electron chi connectivity index (χ2n) is 2.40. The Labute approximate surface area is 83.7 Å². The summed E-state index contributed by atoms with van der Waals surface area (Å²) < 4.78 is 20.5. The van der Waals surface area contributed by atoms with E-state index >= 15 is 0 Å². The van der Waals surface area contributed by atoms with Crippen molar-refractivity contribution in [2.45, 2.75) is 25.8 Å². The van der Waals surface area contributed by atoms with Crippen LogP contribution >= 0.6 is 15.8 Å². The second-order valence-corrected chi connectivity index (χ2v) is 3.16. The summed E-state index contributed by atoms with van der Waals surface area (Å²) in [6.07, 6.45) is 0.989.